The molecule has 5 heteroatoms. The number of aromatic amines is 1. The van der Waals surface area contributed by atoms with Gasteiger partial charge in [-0.25, -0.2) is 4.98 Å². The molecule has 0 radical (unpaired) electrons. The molecule has 3 rings (SSSR count). The average molecular weight is 338 g/mol. The summed E-state index contributed by atoms with van der Waals surface area (Å²) in [6.07, 6.45) is 1.02. The lowest BCUT2D eigenvalue weighted by atomic mass is 10.2. The van der Waals surface area contributed by atoms with Crippen LogP contribution in [-0.2, 0) is 9.53 Å². The Morgan fingerprint density at radius 1 is 1.16 bits per heavy atom. The largest absolute Gasteiger partial charge is 0.494 e. The number of carbonyl (C=O) groups excluding carboxylic acids is 1. The fourth-order valence-corrected chi connectivity index (χ4v) is 2.66. The number of benzene rings is 2. The minimum atomic E-state index is -0.179. The Labute approximate surface area is 147 Å². The molecule has 3 aromatic rings. The molecule has 1 aromatic heterocycles. The maximum atomic E-state index is 11.3. The van der Waals surface area contributed by atoms with Crippen LogP contribution in [0.4, 0.5) is 0 Å². The molecule has 0 spiro atoms. The van der Waals surface area contributed by atoms with Gasteiger partial charge in [-0.15, -0.1) is 0 Å². The van der Waals surface area contributed by atoms with Crippen molar-refractivity contribution in [2.24, 2.45) is 0 Å². The number of carbonyl (C=O) groups is 1. The van der Waals surface area contributed by atoms with E-state index in [9.17, 15) is 4.79 Å². The van der Waals surface area contributed by atoms with Crippen molar-refractivity contribution in [3.8, 4) is 17.1 Å². The minimum absolute atomic E-state index is 0.179. The molecular weight excluding hydrogens is 316 g/mol. The standard InChI is InChI=1S/C20H22N2O3/c1-3-24-18(23)8-5-13-25-16-11-9-15(10-12-16)20-21-17-7-4-6-14(2)19(17)22-20/h4,6-7,9-12H,3,5,8,13H2,1-2H3,(H,21,22). The molecule has 0 saturated carbocycles. The lowest BCUT2D eigenvalue weighted by Crippen LogP contribution is -2.06. The van der Waals surface area contributed by atoms with Crippen molar-refractivity contribution in [3.05, 3.63) is 48.0 Å². The molecule has 0 atom stereocenters. The van der Waals surface area contributed by atoms with Crippen molar-refractivity contribution in [2.75, 3.05) is 13.2 Å². The van der Waals surface area contributed by atoms with E-state index in [4.69, 9.17) is 9.47 Å². The highest BCUT2D eigenvalue weighted by Crippen LogP contribution is 2.24. The van der Waals surface area contributed by atoms with Crippen molar-refractivity contribution < 1.29 is 14.3 Å². The lowest BCUT2D eigenvalue weighted by molar-refractivity contribution is -0.143. The van der Waals surface area contributed by atoms with E-state index in [-0.39, 0.29) is 5.97 Å². The molecule has 0 aliphatic rings. The van der Waals surface area contributed by atoms with Crippen LogP contribution in [0.5, 0.6) is 5.75 Å². The highest BCUT2D eigenvalue weighted by atomic mass is 16.5. The second kappa shape index (κ2) is 7.83. The molecule has 0 aliphatic heterocycles. The Kier molecular flexibility index (Phi) is 5.33. The first-order valence-electron chi connectivity index (χ1n) is 8.51. The Morgan fingerprint density at radius 2 is 1.96 bits per heavy atom. The number of hydrogen-bond acceptors (Lipinski definition) is 4. The third kappa shape index (κ3) is 4.18. The molecule has 2 aromatic carbocycles. The number of H-pyrrole nitrogens is 1. The van der Waals surface area contributed by atoms with Crippen LogP contribution < -0.4 is 4.74 Å². The van der Waals surface area contributed by atoms with Crippen molar-refractivity contribution in [1.29, 1.82) is 0 Å². The van der Waals surface area contributed by atoms with E-state index >= 15 is 0 Å². The zero-order valence-electron chi connectivity index (χ0n) is 14.5. The first-order chi connectivity index (χ1) is 12.2. The molecule has 0 unspecified atom stereocenters. The summed E-state index contributed by atoms with van der Waals surface area (Å²) in [7, 11) is 0. The summed E-state index contributed by atoms with van der Waals surface area (Å²) in [5.41, 5.74) is 4.20. The topological polar surface area (TPSA) is 64.2 Å². The third-order valence-corrected chi connectivity index (χ3v) is 3.94. The van der Waals surface area contributed by atoms with Gasteiger partial charge in [0.05, 0.1) is 24.2 Å². The summed E-state index contributed by atoms with van der Waals surface area (Å²) in [4.78, 5) is 19.3. The number of fused-ring (bicyclic) bond motifs is 1. The van der Waals surface area contributed by atoms with E-state index in [1.54, 1.807) is 6.92 Å². The summed E-state index contributed by atoms with van der Waals surface area (Å²) in [6.45, 7) is 4.77. The third-order valence-electron chi connectivity index (χ3n) is 3.94. The number of para-hydroxylation sites is 1. The molecule has 1 heterocycles. The van der Waals surface area contributed by atoms with Crippen LogP contribution in [0.3, 0.4) is 0 Å². The molecular formula is C20H22N2O3. The fourth-order valence-electron chi connectivity index (χ4n) is 2.66. The Morgan fingerprint density at radius 3 is 2.68 bits per heavy atom. The van der Waals surface area contributed by atoms with Gasteiger partial charge in [-0.2, -0.15) is 0 Å². The van der Waals surface area contributed by atoms with Crippen LogP contribution in [0.1, 0.15) is 25.3 Å². The van der Waals surface area contributed by atoms with Crippen LogP contribution in [0.25, 0.3) is 22.4 Å². The Hall–Kier alpha value is -2.82. The monoisotopic (exact) mass is 338 g/mol. The molecule has 25 heavy (non-hydrogen) atoms. The van der Waals surface area contributed by atoms with Crippen LogP contribution >= 0.6 is 0 Å². The van der Waals surface area contributed by atoms with Crippen LogP contribution in [-0.4, -0.2) is 29.2 Å². The number of hydrogen-bond donors (Lipinski definition) is 1. The minimum Gasteiger partial charge on any atom is -0.494 e. The van der Waals surface area contributed by atoms with Gasteiger partial charge in [0.15, 0.2) is 0 Å². The smallest absolute Gasteiger partial charge is 0.305 e. The van der Waals surface area contributed by atoms with E-state index in [0.717, 1.165) is 33.7 Å². The highest BCUT2D eigenvalue weighted by molar-refractivity contribution is 5.82. The van der Waals surface area contributed by atoms with Crippen molar-refractivity contribution in [3.63, 3.8) is 0 Å². The number of nitrogens with one attached hydrogen (secondary N) is 1. The van der Waals surface area contributed by atoms with Crippen molar-refractivity contribution in [2.45, 2.75) is 26.7 Å². The van der Waals surface area contributed by atoms with Gasteiger partial charge in [0.1, 0.15) is 11.6 Å². The van der Waals surface area contributed by atoms with E-state index in [1.165, 1.54) is 0 Å². The molecule has 0 fully saturated rings. The predicted molar refractivity (Wildman–Crippen MR) is 97.6 cm³/mol. The predicted octanol–water partition coefficient (Wildman–Crippen LogP) is 4.26. The summed E-state index contributed by atoms with van der Waals surface area (Å²) in [5, 5.41) is 0. The average Bonchev–Trinajstić information content (AvgIpc) is 3.05. The SMILES string of the molecule is CCOC(=O)CCCOc1ccc(-c2nc3c(C)cccc3[nH]2)cc1. The number of rotatable bonds is 7. The molecule has 5 nitrogen and oxygen atoms in total. The Balaban J connectivity index is 1.60. The van der Waals surface area contributed by atoms with Crippen molar-refractivity contribution in [1.82, 2.24) is 9.97 Å². The van der Waals surface area contributed by atoms with E-state index < -0.39 is 0 Å². The van der Waals surface area contributed by atoms with Crippen LogP contribution in [0, 0.1) is 6.92 Å². The van der Waals surface area contributed by atoms with Gasteiger partial charge in [0, 0.05) is 12.0 Å². The molecule has 0 saturated heterocycles. The maximum absolute atomic E-state index is 11.3. The molecule has 130 valence electrons. The second-order valence-electron chi connectivity index (χ2n) is 5.84. The summed E-state index contributed by atoms with van der Waals surface area (Å²) in [5.74, 6) is 1.44. The first-order valence-corrected chi connectivity index (χ1v) is 8.51. The van der Waals surface area contributed by atoms with Gasteiger partial charge in [-0.3, -0.25) is 4.79 Å². The number of imidazole rings is 1. The molecule has 0 amide bonds. The van der Waals surface area contributed by atoms with E-state index in [2.05, 4.69) is 23.0 Å². The summed E-state index contributed by atoms with van der Waals surface area (Å²) in [6, 6.07) is 13.9. The van der Waals surface area contributed by atoms with E-state index in [0.29, 0.717) is 26.1 Å². The zero-order chi connectivity index (χ0) is 17.6. The zero-order valence-corrected chi connectivity index (χ0v) is 14.5. The van der Waals surface area contributed by atoms with Crippen LogP contribution in [0.15, 0.2) is 42.5 Å². The van der Waals surface area contributed by atoms with Gasteiger partial charge >= 0.3 is 5.97 Å². The Bertz CT molecular complexity index is 853. The molecule has 0 bridgehead atoms. The number of aryl methyl sites for hydroxylation is 1. The quantitative estimate of drug-likeness (QED) is 0.516. The fraction of sp³-hybridized carbons (Fsp3) is 0.300. The van der Waals surface area contributed by atoms with Gasteiger partial charge in [0.2, 0.25) is 0 Å². The summed E-state index contributed by atoms with van der Waals surface area (Å²) >= 11 is 0. The van der Waals surface area contributed by atoms with Gasteiger partial charge in [-0.05, 0) is 56.2 Å². The van der Waals surface area contributed by atoms with Crippen LogP contribution in [0.2, 0.25) is 0 Å². The number of ether oxygens (including phenoxy) is 2. The number of esters is 1. The number of nitrogens with zero attached hydrogens (tertiary/aromatic N) is 1. The number of aromatic nitrogens is 2. The lowest BCUT2D eigenvalue weighted by Gasteiger charge is -2.06. The molecule has 0 aliphatic carbocycles. The second-order valence-corrected chi connectivity index (χ2v) is 5.84. The first kappa shape index (κ1) is 17.0. The molecule has 1 N–H and O–H groups in total. The van der Waals surface area contributed by atoms with Crippen molar-refractivity contribution >= 4 is 17.0 Å². The van der Waals surface area contributed by atoms with Gasteiger partial charge in [-0.1, -0.05) is 12.1 Å². The van der Waals surface area contributed by atoms with E-state index in [1.807, 2.05) is 36.4 Å². The van der Waals surface area contributed by atoms with Gasteiger partial charge < -0.3 is 14.5 Å². The van der Waals surface area contributed by atoms with Gasteiger partial charge in [0.25, 0.3) is 0 Å². The normalized spacial score (nSPS) is 10.8. The maximum Gasteiger partial charge on any atom is 0.305 e. The summed E-state index contributed by atoms with van der Waals surface area (Å²) < 4.78 is 10.6. The highest BCUT2D eigenvalue weighted by Gasteiger charge is 2.07.